The summed E-state index contributed by atoms with van der Waals surface area (Å²) in [6, 6.07) is 8.35. The number of hydrogen-bond acceptors (Lipinski definition) is 5. The first-order chi connectivity index (χ1) is 12.9. The van der Waals surface area contributed by atoms with Crippen LogP contribution in [-0.4, -0.2) is 22.0 Å². The molecule has 1 unspecified atom stereocenters. The average molecular weight is 381 g/mol. The van der Waals surface area contributed by atoms with Crippen molar-refractivity contribution in [2.75, 3.05) is 11.1 Å². The van der Waals surface area contributed by atoms with Crippen molar-refractivity contribution < 1.29 is 14.7 Å². The first-order valence-corrected chi connectivity index (χ1v) is 9.60. The van der Waals surface area contributed by atoms with Gasteiger partial charge >= 0.3 is 5.97 Å². The summed E-state index contributed by atoms with van der Waals surface area (Å²) in [7, 11) is 0. The standard InChI is InChI=1S/C20H19N3O3S/c1-10-6-7-14-11(8-10)9-13-16(21)17(27-19(13)23-14)18(24)22-15-5-3-2-4-12(15)20(25)26/h2-5,9-10H,6-8,21H2,1H3,(H,22,24)(H,25,26). The monoisotopic (exact) mass is 381 g/mol. The van der Waals surface area contributed by atoms with E-state index < -0.39 is 11.9 Å². The molecule has 0 saturated heterocycles. The molecule has 1 aliphatic rings. The summed E-state index contributed by atoms with van der Waals surface area (Å²) in [5.74, 6) is -0.902. The zero-order chi connectivity index (χ0) is 19.1. The van der Waals surface area contributed by atoms with Gasteiger partial charge < -0.3 is 16.2 Å². The molecule has 6 nitrogen and oxygen atoms in total. The van der Waals surface area contributed by atoms with Gasteiger partial charge in [-0.05, 0) is 48.9 Å². The van der Waals surface area contributed by atoms with E-state index in [4.69, 9.17) is 10.7 Å². The number of aryl methyl sites for hydroxylation is 1. The number of thiophene rings is 1. The number of nitrogen functional groups attached to an aromatic ring is 1. The Morgan fingerprint density at radius 2 is 2.11 bits per heavy atom. The maximum atomic E-state index is 12.8. The van der Waals surface area contributed by atoms with Gasteiger partial charge in [-0.1, -0.05) is 19.1 Å². The van der Waals surface area contributed by atoms with Crippen LogP contribution in [0.2, 0.25) is 0 Å². The highest BCUT2D eigenvalue weighted by Gasteiger charge is 2.23. The molecule has 7 heteroatoms. The Bertz CT molecular complexity index is 1070. The van der Waals surface area contributed by atoms with Gasteiger partial charge in [0.05, 0.1) is 16.9 Å². The Morgan fingerprint density at radius 1 is 1.33 bits per heavy atom. The Labute approximate surface area is 160 Å². The zero-order valence-corrected chi connectivity index (χ0v) is 15.6. The van der Waals surface area contributed by atoms with Crippen molar-refractivity contribution in [3.05, 3.63) is 52.0 Å². The lowest BCUT2D eigenvalue weighted by molar-refractivity contribution is 0.0698. The number of benzene rings is 1. The number of aromatic carboxylic acids is 1. The summed E-state index contributed by atoms with van der Waals surface area (Å²) in [6.07, 6.45) is 3.03. The molecule has 2 aromatic heterocycles. The summed E-state index contributed by atoms with van der Waals surface area (Å²) in [6.45, 7) is 2.23. The van der Waals surface area contributed by atoms with E-state index in [9.17, 15) is 14.7 Å². The van der Waals surface area contributed by atoms with Crippen molar-refractivity contribution >= 4 is 44.8 Å². The molecule has 2 heterocycles. The summed E-state index contributed by atoms with van der Waals surface area (Å²) in [5, 5.41) is 12.7. The number of carbonyl (C=O) groups is 2. The number of carboxylic acid groups (broad SMARTS) is 1. The van der Waals surface area contributed by atoms with Crippen molar-refractivity contribution in [3.63, 3.8) is 0 Å². The van der Waals surface area contributed by atoms with Crippen LogP contribution in [0.5, 0.6) is 0 Å². The molecule has 1 atom stereocenters. The van der Waals surface area contributed by atoms with Crippen LogP contribution in [0.15, 0.2) is 30.3 Å². The van der Waals surface area contributed by atoms with Crippen LogP contribution < -0.4 is 11.1 Å². The van der Waals surface area contributed by atoms with Crippen molar-refractivity contribution in [2.45, 2.75) is 26.2 Å². The topological polar surface area (TPSA) is 105 Å². The van der Waals surface area contributed by atoms with Crippen LogP contribution in [0, 0.1) is 5.92 Å². The van der Waals surface area contributed by atoms with Gasteiger partial charge in [0.25, 0.3) is 5.91 Å². The lowest BCUT2D eigenvalue weighted by Crippen LogP contribution is -2.14. The van der Waals surface area contributed by atoms with Crippen molar-refractivity contribution in [3.8, 4) is 0 Å². The van der Waals surface area contributed by atoms with Gasteiger partial charge in [-0.15, -0.1) is 11.3 Å². The number of aromatic nitrogens is 1. The Balaban J connectivity index is 1.71. The lowest BCUT2D eigenvalue weighted by atomic mass is 9.87. The van der Waals surface area contributed by atoms with Crippen LogP contribution in [0.3, 0.4) is 0 Å². The van der Waals surface area contributed by atoms with Gasteiger partial charge in [-0.25, -0.2) is 9.78 Å². The predicted octanol–water partition coefficient (Wildman–Crippen LogP) is 3.95. The summed E-state index contributed by atoms with van der Waals surface area (Å²) in [5.41, 5.74) is 9.22. The SMILES string of the molecule is CC1CCc2nc3sc(C(=O)Nc4ccccc4C(=O)O)c(N)c3cc2C1. The number of hydrogen-bond donors (Lipinski definition) is 3. The normalized spacial score (nSPS) is 16.1. The van der Waals surface area contributed by atoms with E-state index in [1.54, 1.807) is 18.2 Å². The van der Waals surface area contributed by atoms with Gasteiger partial charge in [-0.3, -0.25) is 4.79 Å². The molecule has 1 amide bonds. The Hall–Kier alpha value is -2.93. The van der Waals surface area contributed by atoms with Crippen molar-refractivity contribution in [1.82, 2.24) is 4.98 Å². The Kier molecular flexibility index (Phi) is 4.31. The van der Waals surface area contributed by atoms with E-state index in [-0.39, 0.29) is 11.3 Å². The quantitative estimate of drug-likeness (QED) is 0.637. The predicted molar refractivity (Wildman–Crippen MR) is 107 cm³/mol. The molecule has 1 aromatic carbocycles. The number of nitrogens with zero attached hydrogens (tertiary/aromatic N) is 1. The van der Waals surface area contributed by atoms with E-state index in [2.05, 4.69) is 18.3 Å². The number of anilines is 2. The van der Waals surface area contributed by atoms with Crippen LogP contribution in [0.4, 0.5) is 11.4 Å². The average Bonchev–Trinajstić information content (AvgIpc) is 2.96. The number of pyridine rings is 1. The molecule has 4 rings (SSSR count). The van der Waals surface area contributed by atoms with Crippen molar-refractivity contribution in [1.29, 1.82) is 0 Å². The van der Waals surface area contributed by atoms with E-state index in [0.717, 1.165) is 35.2 Å². The third-order valence-electron chi connectivity index (χ3n) is 4.94. The highest BCUT2D eigenvalue weighted by molar-refractivity contribution is 7.21. The number of nitrogens with one attached hydrogen (secondary N) is 1. The van der Waals surface area contributed by atoms with E-state index in [1.165, 1.54) is 23.0 Å². The minimum atomic E-state index is -1.10. The van der Waals surface area contributed by atoms with E-state index in [1.807, 2.05) is 0 Å². The number of carboxylic acids is 1. The number of nitrogens with two attached hydrogens (primary N) is 1. The molecule has 0 spiro atoms. The van der Waals surface area contributed by atoms with Gasteiger partial charge in [0, 0.05) is 11.1 Å². The second-order valence-corrected chi connectivity index (χ2v) is 7.94. The number of carbonyl (C=O) groups excluding carboxylic acids is 1. The maximum Gasteiger partial charge on any atom is 0.337 e. The first-order valence-electron chi connectivity index (χ1n) is 8.78. The largest absolute Gasteiger partial charge is 0.478 e. The second-order valence-electron chi connectivity index (χ2n) is 6.94. The molecule has 138 valence electrons. The first kappa shape index (κ1) is 17.5. The van der Waals surface area contributed by atoms with E-state index >= 15 is 0 Å². The molecule has 0 saturated carbocycles. The Morgan fingerprint density at radius 3 is 2.89 bits per heavy atom. The summed E-state index contributed by atoms with van der Waals surface area (Å²) < 4.78 is 0. The van der Waals surface area contributed by atoms with Crippen LogP contribution in [0.25, 0.3) is 10.2 Å². The fourth-order valence-electron chi connectivity index (χ4n) is 3.50. The molecule has 4 N–H and O–H groups in total. The molecule has 3 aromatic rings. The van der Waals surface area contributed by atoms with Crippen LogP contribution in [0.1, 0.15) is 44.6 Å². The highest BCUT2D eigenvalue weighted by Crippen LogP contribution is 2.36. The van der Waals surface area contributed by atoms with Crippen LogP contribution >= 0.6 is 11.3 Å². The minimum Gasteiger partial charge on any atom is -0.478 e. The molecule has 0 fully saturated rings. The fourth-order valence-corrected chi connectivity index (χ4v) is 4.49. The smallest absolute Gasteiger partial charge is 0.337 e. The molecule has 27 heavy (non-hydrogen) atoms. The summed E-state index contributed by atoms with van der Waals surface area (Å²) >= 11 is 1.24. The zero-order valence-electron chi connectivity index (χ0n) is 14.8. The molecule has 0 aliphatic heterocycles. The van der Waals surface area contributed by atoms with E-state index in [0.29, 0.717) is 16.5 Å². The molecule has 1 aliphatic carbocycles. The molecule has 0 radical (unpaired) electrons. The molecular formula is C20H19N3O3S. The molecule has 0 bridgehead atoms. The highest BCUT2D eigenvalue weighted by atomic mass is 32.1. The minimum absolute atomic E-state index is 0.0353. The number of fused-ring (bicyclic) bond motifs is 2. The second kappa shape index (κ2) is 6.66. The van der Waals surface area contributed by atoms with Crippen LogP contribution in [-0.2, 0) is 12.8 Å². The maximum absolute atomic E-state index is 12.8. The third-order valence-corrected chi connectivity index (χ3v) is 6.06. The number of para-hydroxylation sites is 1. The van der Waals surface area contributed by atoms with Gasteiger partial charge in [0.1, 0.15) is 9.71 Å². The van der Waals surface area contributed by atoms with Gasteiger partial charge in [0.2, 0.25) is 0 Å². The number of amides is 1. The molecular weight excluding hydrogens is 362 g/mol. The third kappa shape index (κ3) is 3.14. The lowest BCUT2D eigenvalue weighted by Gasteiger charge is -2.20. The number of rotatable bonds is 3. The fraction of sp³-hybridized carbons (Fsp3) is 0.250. The summed E-state index contributed by atoms with van der Waals surface area (Å²) in [4.78, 5) is 29.9. The van der Waals surface area contributed by atoms with Gasteiger partial charge in [0.15, 0.2) is 0 Å². The van der Waals surface area contributed by atoms with Crippen molar-refractivity contribution in [2.24, 2.45) is 5.92 Å². The van der Waals surface area contributed by atoms with Gasteiger partial charge in [-0.2, -0.15) is 0 Å².